The van der Waals surface area contributed by atoms with Gasteiger partial charge < -0.3 is 20.1 Å². The van der Waals surface area contributed by atoms with Crippen LogP contribution in [0.5, 0.6) is 11.5 Å². The van der Waals surface area contributed by atoms with E-state index in [1.54, 1.807) is 0 Å². The zero-order chi connectivity index (χ0) is 21.9. The third-order valence-corrected chi connectivity index (χ3v) is 4.62. The maximum Gasteiger partial charge on any atom is 0.586 e. The molecule has 2 N–H and O–H groups in total. The first kappa shape index (κ1) is 22.2. The Labute approximate surface area is 174 Å². The predicted molar refractivity (Wildman–Crippen MR) is 107 cm³/mol. The van der Waals surface area contributed by atoms with Gasteiger partial charge in [0, 0.05) is 30.4 Å². The molecule has 10 heteroatoms. The fraction of sp³-hybridized carbons (Fsp3) is 0.600. The molecule has 3 rings (SSSR count). The lowest BCUT2D eigenvalue weighted by Crippen LogP contribution is -2.46. The number of hydrogen-bond donors (Lipinski definition) is 2. The maximum atomic E-state index is 13.1. The summed E-state index contributed by atoms with van der Waals surface area (Å²) in [6.07, 6.45) is -2.85. The number of amides is 2. The highest BCUT2D eigenvalue weighted by molar-refractivity contribution is 5.92. The number of hydrogen-bond acceptors (Lipinski definition) is 6. The molecule has 0 bridgehead atoms. The highest BCUT2D eigenvalue weighted by Gasteiger charge is 2.43. The molecule has 2 aliphatic rings. The van der Waals surface area contributed by atoms with Crippen LogP contribution in [0, 0.1) is 0 Å². The van der Waals surface area contributed by atoms with Crippen molar-refractivity contribution < 1.29 is 27.8 Å². The highest BCUT2D eigenvalue weighted by atomic mass is 19.3. The molecule has 0 radical (unpaired) electrons. The van der Waals surface area contributed by atoms with Crippen molar-refractivity contribution in [1.29, 1.82) is 0 Å². The lowest BCUT2D eigenvalue weighted by Gasteiger charge is -2.25. The Morgan fingerprint density at radius 3 is 2.23 bits per heavy atom. The second-order valence-electron chi connectivity index (χ2n) is 8.58. The first-order valence-electron chi connectivity index (χ1n) is 9.95. The third-order valence-electron chi connectivity index (χ3n) is 4.62. The van der Waals surface area contributed by atoms with Gasteiger partial charge in [-0.1, -0.05) is 0 Å². The minimum Gasteiger partial charge on any atom is -0.395 e. The van der Waals surface area contributed by atoms with E-state index in [1.165, 1.54) is 18.2 Å². The zero-order valence-corrected chi connectivity index (χ0v) is 17.5. The summed E-state index contributed by atoms with van der Waals surface area (Å²) in [6.45, 7) is 9.20. The van der Waals surface area contributed by atoms with E-state index in [9.17, 15) is 18.4 Å². The van der Waals surface area contributed by atoms with Gasteiger partial charge in [0.2, 0.25) is 11.8 Å². The van der Waals surface area contributed by atoms with Crippen molar-refractivity contribution in [2.45, 2.75) is 39.0 Å². The van der Waals surface area contributed by atoms with E-state index in [0.29, 0.717) is 25.3 Å². The summed E-state index contributed by atoms with van der Waals surface area (Å²) < 4.78 is 35.0. The number of ether oxygens (including phenoxy) is 2. The average molecular weight is 426 g/mol. The lowest BCUT2D eigenvalue weighted by molar-refractivity contribution is -0.286. The van der Waals surface area contributed by atoms with Crippen molar-refractivity contribution in [3.8, 4) is 11.5 Å². The number of carbonyl (C=O) groups is 2. The van der Waals surface area contributed by atoms with E-state index in [-0.39, 0.29) is 35.4 Å². The summed E-state index contributed by atoms with van der Waals surface area (Å²) >= 11 is 0. The summed E-state index contributed by atoms with van der Waals surface area (Å²) in [5.74, 6) is -0.445. The topological polar surface area (TPSA) is 83.1 Å². The fourth-order valence-electron chi connectivity index (χ4n) is 3.43. The van der Waals surface area contributed by atoms with Gasteiger partial charge in [0.05, 0.1) is 13.1 Å². The molecular weight excluding hydrogens is 398 g/mol. The number of rotatable bonds is 5. The van der Waals surface area contributed by atoms with E-state index >= 15 is 0 Å². The van der Waals surface area contributed by atoms with Gasteiger partial charge in [-0.2, -0.15) is 0 Å². The van der Waals surface area contributed by atoms with Crippen molar-refractivity contribution in [2.24, 2.45) is 0 Å². The average Bonchev–Trinajstić information content (AvgIpc) is 2.74. The summed E-state index contributed by atoms with van der Waals surface area (Å²) in [7, 11) is 0. The summed E-state index contributed by atoms with van der Waals surface area (Å²) in [5, 5.41) is 5.65. The molecule has 1 aromatic carbocycles. The quantitative estimate of drug-likeness (QED) is 0.748. The molecule has 1 saturated heterocycles. The van der Waals surface area contributed by atoms with Crippen LogP contribution in [-0.2, 0) is 9.59 Å². The second kappa shape index (κ2) is 8.73. The van der Waals surface area contributed by atoms with Crippen LogP contribution >= 0.6 is 0 Å². The SMILES string of the molecule is CC(C)(C)NC(=O)CN1CCCN(CC(=O)Nc2ccc3c(c2)OC(F)(F)O3)CC1. The maximum absolute atomic E-state index is 13.1. The molecule has 0 aliphatic carbocycles. The molecule has 0 atom stereocenters. The van der Waals surface area contributed by atoms with Crippen LogP contribution in [0.4, 0.5) is 14.5 Å². The molecule has 1 fully saturated rings. The molecule has 0 aromatic heterocycles. The number of nitrogens with one attached hydrogen (secondary N) is 2. The van der Waals surface area contributed by atoms with Gasteiger partial charge in [-0.05, 0) is 52.4 Å². The zero-order valence-electron chi connectivity index (χ0n) is 17.5. The van der Waals surface area contributed by atoms with Gasteiger partial charge in [-0.15, -0.1) is 8.78 Å². The monoisotopic (exact) mass is 426 g/mol. The number of fused-ring (bicyclic) bond motifs is 1. The third kappa shape index (κ3) is 6.53. The van der Waals surface area contributed by atoms with Gasteiger partial charge in [-0.3, -0.25) is 19.4 Å². The highest BCUT2D eigenvalue weighted by Crippen LogP contribution is 2.42. The van der Waals surface area contributed by atoms with Crippen molar-refractivity contribution >= 4 is 17.5 Å². The van der Waals surface area contributed by atoms with Gasteiger partial charge in [0.25, 0.3) is 0 Å². The Bertz CT molecular complexity index is 798. The number of benzene rings is 1. The minimum atomic E-state index is -3.69. The predicted octanol–water partition coefficient (Wildman–Crippen LogP) is 1.87. The van der Waals surface area contributed by atoms with E-state index in [2.05, 4.69) is 25.0 Å². The standard InChI is InChI=1S/C20H28F2N4O4/c1-19(2,3)24-18(28)13-26-8-4-7-25(9-10-26)12-17(27)23-14-5-6-15-16(11-14)30-20(21,22)29-15/h5-6,11H,4,7-10,12-13H2,1-3H3,(H,23,27)(H,24,28). The largest absolute Gasteiger partial charge is 0.586 e. The molecule has 166 valence electrons. The van der Waals surface area contributed by atoms with E-state index in [0.717, 1.165) is 19.5 Å². The molecular formula is C20H28F2N4O4. The van der Waals surface area contributed by atoms with Crippen LogP contribution in [0.25, 0.3) is 0 Å². The first-order valence-corrected chi connectivity index (χ1v) is 9.95. The van der Waals surface area contributed by atoms with Crippen molar-refractivity contribution in [1.82, 2.24) is 15.1 Å². The molecule has 2 heterocycles. The number of anilines is 1. The molecule has 1 aromatic rings. The van der Waals surface area contributed by atoms with Gasteiger partial charge in [0.1, 0.15) is 0 Å². The van der Waals surface area contributed by atoms with Crippen LogP contribution in [0.15, 0.2) is 18.2 Å². The Morgan fingerprint density at radius 1 is 1.00 bits per heavy atom. The Morgan fingerprint density at radius 2 is 1.60 bits per heavy atom. The van der Waals surface area contributed by atoms with E-state index < -0.39 is 6.29 Å². The molecule has 8 nitrogen and oxygen atoms in total. The number of nitrogens with zero attached hydrogens (tertiary/aromatic N) is 2. The van der Waals surface area contributed by atoms with Gasteiger partial charge in [0.15, 0.2) is 11.5 Å². The summed E-state index contributed by atoms with van der Waals surface area (Å²) in [6, 6.07) is 4.13. The Hall–Kier alpha value is -2.46. The first-order chi connectivity index (χ1) is 14.0. The van der Waals surface area contributed by atoms with Crippen LogP contribution in [0.2, 0.25) is 0 Å². The Kier molecular flexibility index (Phi) is 6.47. The van der Waals surface area contributed by atoms with Crippen LogP contribution in [-0.4, -0.2) is 72.7 Å². The number of alkyl halides is 2. The summed E-state index contributed by atoms with van der Waals surface area (Å²) in [5.41, 5.74) is 0.0906. The normalized spacial score (nSPS) is 19.2. The van der Waals surface area contributed by atoms with Gasteiger partial charge in [-0.25, -0.2) is 0 Å². The van der Waals surface area contributed by atoms with Crippen molar-refractivity contribution in [3.05, 3.63) is 18.2 Å². The molecule has 30 heavy (non-hydrogen) atoms. The number of halogens is 2. The second-order valence-corrected chi connectivity index (χ2v) is 8.58. The summed E-state index contributed by atoms with van der Waals surface area (Å²) in [4.78, 5) is 28.6. The van der Waals surface area contributed by atoms with Crippen LogP contribution < -0.4 is 20.1 Å². The van der Waals surface area contributed by atoms with E-state index in [4.69, 9.17) is 0 Å². The Balaban J connectivity index is 1.46. The molecule has 2 amide bonds. The lowest BCUT2D eigenvalue weighted by atomic mass is 10.1. The van der Waals surface area contributed by atoms with Crippen molar-refractivity contribution in [2.75, 3.05) is 44.6 Å². The van der Waals surface area contributed by atoms with Crippen molar-refractivity contribution in [3.63, 3.8) is 0 Å². The van der Waals surface area contributed by atoms with E-state index in [1.807, 2.05) is 25.7 Å². The van der Waals surface area contributed by atoms with Crippen LogP contribution in [0.1, 0.15) is 27.2 Å². The molecule has 2 aliphatic heterocycles. The van der Waals surface area contributed by atoms with Gasteiger partial charge >= 0.3 is 6.29 Å². The fourth-order valence-corrected chi connectivity index (χ4v) is 3.43. The number of carbonyl (C=O) groups excluding carboxylic acids is 2. The molecule has 0 saturated carbocycles. The molecule has 0 spiro atoms. The smallest absolute Gasteiger partial charge is 0.395 e. The minimum absolute atomic E-state index is 0.0120. The molecule has 0 unspecified atom stereocenters. The van der Waals surface area contributed by atoms with Crippen LogP contribution in [0.3, 0.4) is 0 Å².